The van der Waals surface area contributed by atoms with Crippen molar-refractivity contribution in [3.05, 3.63) is 58.1 Å². The van der Waals surface area contributed by atoms with Crippen LogP contribution in [0.15, 0.2) is 52.3 Å². The van der Waals surface area contributed by atoms with Crippen LogP contribution < -0.4 is 0 Å². The molecule has 0 saturated carbocycles. The van der Waals surface area contributed by atoms with E-state index in [1.165, 1.54) is 16.4 Å². The van der Waals surface area contributed by atoms with E-state index in [0.29, 0.717) is 10.6 Å². The summed E-state index contributed by atoms with van der Waals surface area (Å²) >= 11 is 12.1. The van der Waals surface area contributed by atoms with Gasteiger partial charge < -0.3 is 0 Å². The molecule has 0 amide bonds. The zero-order valence-electron chi connectivity index (χ0n) is 14.6. The molecule has 0 unspecified atom stereocenters. The van der Waals surface area contributed by atoms with Gasteiger partial charge in [-0.15, -0.1) is 0 Å². The molecule has 1 fully saturated rings. The zero-order chi connectivity index (χ0) is 19.8. The summed E-state index contributed by atoms with van der Waals surface area (Å²) in [5.74, 6) is 0. The third-order valence-corrected chi connectivity index (χ3v) is 9.79. The first-order valence-electron chi connectivity index (χ1n) is 8.39. The Morgan fingerprint density at radius 1 is 0.926 bits per heavy atom. The summed E-state index contributed by atoms with van der Waals surface area (Å²) in [5, 5.41) is -0.148. The van der Waals surface area contributed by atoms with Crippen molar-refractivity contribution in [1.29, 1.82) is 0 Å². The summed E-state index contributed by atoms with van der Waals surface area (Å²) in [5.41, 5.74) is 0.612. The molecule has 0 aromatic heterocycles. The number of sulfone groups is 1. The number of aryl methyl sites for hydroxylation is 1. The van der Waals surface area contributed by atoms with Crippen LogP contribution in [0.4, 0.5) is 0 Å². The Morgan fingerprint density at radius 3 is 2.11 bits per heavy atom. The van der Waals surface area contributed by atoms with Crippen molar-refractivity contribution in [3.8, 4) is 0 Å². The number of benzene rings is 2. The molecule has 1 saturated heterocycles. The predicted octanol–water partition coefficient (Wildman–Crippen LogP) is 3.93. The lowest BCUT2D eigenvalue weighted by Gasteiger charge is -2.31. The minimum Gasteiger partial charge on any atom is -0.223 e. The number of rotatable bonds is 4. The highest BCUT2D eigenvalue weighted by atomic mass is 35.5. The molecule has 0 aliphatic carbocycles. The quantitative estimate of drug-likeness (QED) is 0.711. The summed E-state index contributed by atoms with van der Waals surface area (Å²) in [6, 6.07) is 11.1. The maximum Gasteiger partial charge on any atom is 0.244 e. The van der Waals surface area contributed by atoms with E-state index in [2.05, 4.69) is 0 Å². The van der Waals surface area contributed by atoms with Gasteiger partial charge in [0.25, 0.3) is 0 Å². The van der Waals surface area contributed by atoms with Crippen molar-refractivity contribution in [3.63, 3.8) is 0 Å². The van der Waals surface area contributed by atoms with E-state index < -0.39 is 25.1 Å². The van der Waals surface area contributed by atoms with Crippen molar-refractivity contribution >= 4 is 43.1 Å². The Kier molecular flexibility index (Phi) is 5.89. The molecule has 1 aliphatic rings. The average Bonchev–Trinajstić information content (AvgIpc) is 2.65. The van der Waals surface area contributed by atoms with Crippen LogP contribution in [0.3, 0.4) is 0 Å². The number of halogens is 2. The Hall–Kier alpha value is -1.12. The van der Waals surface area contributed by atoms with Crippen LogP contribution >= 0.6 is 23.2 Å². The first kappa shape index (κ1) is 20.6. The molecule has 9 heteroatoms. The third kappa shape index (κ3) is 4.03. The summed E-state index contributed by atoms with van der Waals surface area (Å²) in [6.07, 6.45) is 0.474. The predicted molar refractivity (Wildman–Crippen MR) is 107 cm³/mol. The van der Waals surface area contributed by atoms with E-state index in [0.717, 1.165) is 0 Å². The van der Waals surface area contributed by atoms with Crippen molar-refractivity contribution in [1.82, 2.24) is 4.31 Å². The number of nitrogens with zero attached hydrogens (tertiary/aromatic N) is 1. The van der Waals surface area contributed by atoms with Gasteiger partial charge in [-0.2, -0.15) is 4.31 Å². The molecule has 3 rings (SSSR count). The second-order valence-electron chi connectivity index (χ2n) is 6.49. The van der Waals surface area contributed by atoms with Crippen molar-refractivity contribution in [2.75, 3.05) is 13.1 Å². The lowest BCUT2D eigenvalue weighted by Crippen LogP contribution is -2.42. The molecule has 2 aromatic rings. The molecular weight excluding hydrogens is 429 g/mol. The second-order valence-corrected chi connectivity index (χ2v) is 11.4. The fourth-order valence-corrected chi connectivity index (χ4v) is 7.18. The molecule has 0 radical (unpaired) electrons. The van der Waals surface area contributed by atoms with Gasteiger partial charge in [0.15, 0.2) is 9.84 Å². The van der Waals surface area contributed by atoms with Crippen LogP contribution in [0.1, 0.15) is 18.4 Å². The maximum atomic E-state index is 12.9. The molecule has 1 heterocycles. The molecule has 5 nitrogen and oxygen atoms in total. The number of sulfonamides is 1. The zero-order valence-corrected chi connectivity index (χ0v) is 17.7. The average molecular weight is 448 g/mol. The standard InChI is InChI=1S/C18H19Cl2NO4S2/c1-13-11-18(17(20)12-16(13)19)27(24,25)21-9-7-15(8-10-21)26(22,23)14-5-3-2-4-6-14/h2-6,11-12,15H,7-10H2,1H3. The molecule has 1 aliphatic heterocycles. The van der Waals surface area contributed by atoms with Crippen LogP contribution in [0.2, 0.25) is 10.0 Å². The maximum absolute atomic E-state index is 12.9. The smallest absolute Gasteiger partial charge is 0.223 e. The normalized spacial score (nSPS) is 17.1. The summed E-state index contributed by atoms with van der Waals surface area (Å²) in [7, 11) is -7.30. The van der Waals surface area contributed by atoms with Gasteiger partial charge in [-0.25, -0.2) is 16.8 Å². The second kappa shape index (κ2) is 7.72. The van der Waals surface area contributed by atoms with E-state index >= 15 is 0 Å². The molecule has 146 valence electrons. The fraction of sp³-hybridized carbons (Fsp3) is 0.333. The largest absolute Gasteiger partial charge is 0.244 e. The van der Waals surface area contributed by atoms with Crippen LogP contribution in [0, 0.1) is 6.92 Å². The lowest BCUT2D eigenvalue weighted by molar-refractivity contribution is 0.345. The van der Waals surface area contributed by atoms with E-state index in [4.69, 9.17) is 23.2 Å². The minimum atomic E-state index is -3.82. The van der Waals surface area contributed by atoms with Gasteiger partial charge in [-0.05, 0) is 49.6 Å². The number of hydrogen-bond acceptors (Lipinski definition) is 4. The highest BCUT2D eigenvalue weighted by molar-refractivity contribution is 7.92. The molecule has 27 heavy (non-hydrogen) atoms. The molecule has 0 atom stereocenters. The summed E-state index contributed by atoms with van der Waals surface area (Å²) < 4.78 is 52.7. The van der Waals surface area contributed by atoms with Gasteiger partial charge in [0, 0.05) is 18.1 Å². The highest BCUT2D eigenvalue weighted by Gasteiger charge is 2.36. The summed E-state index contributed by atoms with van der Waals surface area (Å²) in [6.45, 7) is 1.95. The number of hydrogen-bond donors (Lipinski definition) is 0. The molecular formula is C18H19Cl2NO4S2. The SMILES string of the molecule is Cc1cc(S(=O)(=O)N2CCC(S(=O)(=O)c3ccccc3)CC2)c(Cl)cc1Cl. The van der Waals surface area contributed by atoms with Crippen LogP contribution in [0.25, 0.3) is 0 Å². The minimum absolute atomic E-state index is 0.00423. The third-order valence-electron chi connectivity index (χ3n) is 4.74. The molecule has 0 spiro atoms. The monoisotopic (exact) mass is 447 g/mol. The van der Waals surface area contributed by atoms with Crippen molar-refractivity contribution in [2.24, 2.45) is 0 Å². The molecule has 0 bridgehead atoms. The Morgan fingerprint density at radius 2 is 1.52 bits per heavy atom. The van der Waals surface area contributed by atoms with Crippen LogP contribution in [0.5, 0.6) is 0 Å². The molecule has 0 N–H and O–H groups in total. The topological polar surface area (TPSA) is 71.5 Å². The van der Waals surface area contributed by atoms with Gasteiger partial charge in [0.1, 0.15) is 4.90 Å². The van der Waals surface area contributed by atoms with E-state index in [1.54, 1.807) is 37.3 Å². The van der Waals surface area contributed by atoms with E-state index in [1.807, 2.05) is 0 Å². The first-order chi connectivity index (χ1) is 12.6. The van der Waals surface area contributed by atoms with Gasteiger partial charge in [-0.1, -0.05) is 41.4 Å². The number of piperidine rings is 1. The van der Waals surface area contributed by atoms with Crippen molar-refractivity contribution < 1.29 is 16.8 Å². The fourth-order valence-electron chi connectivity index (χ4n) is 3.15. The lowest BCUT2D eigenvalue weighted by atomic mass is 10.2. The Labute approximate surface area is 169 Å². The first-order valence-corrected chi connectivity index (χ1v) is 12.1. The van der Waals surface area contributed by atoms with E-state index in [9.17, 15) is 16.8 Å². The van der Waals surface area contributed by atoms with Crippen molar-refractivity contribution in [2.45, 2.75) is 34.8 Å². The van der Waals surface area contributed by atoms with Gasteiger partial charge >= 0.3 is 0 Å². The van der Waals surface area contributed by atoms with Crippen LogP contribution in [-0.2, 0) is 19.9 Å². The summed E-state index contributed by atoms with van der Waals surface area (Å²) in [4.78, 5) is 0.262. The highest BCUT2D eigenvalue weighted by Crippen LogP contribution is 2.32. The van der Waals surface area contributed by atoms with Gasteiger partial charge in [-0.3, -0.25) is 0 Å². The van der Waals surface area contributed by atoms with Gasteiger partial charge in [0.05, 0.1) is 15.2 Å². The van der Waals surface area contributed by atoms with E-state index in [-0.39, 0.29) is 40.7 Å². The van der Waals surface area contributed by atoms with Crippen LogP contribution in [-0.4, -0.2) is 39.5 Å². The Bertz CT molecular complexity index is 1050. The Balaban J connectivity index is 1.80. The molecule has 2 aromatic carbocycles. The van der Waals surface area contributed by atoms with Gasteiger partial charge in [0.2, 0.25) is 10.0 Å².